The van der Waals surface area contributed by atoms with Crippen molar-refractivity contribution >= 4 is 52.5 Å². The van der Waals surface area contributed by atoms with Gasteiger partial charge in [-0.15, -0.1) is 0 Å². The molecule has 0 spiro atoms. The Morgan fingerprint density at radius 3 is 2.75 bits per heavy atom. The monoisotopic (exact) mass is 386 g/mol. The van der Waals surface area contributed by atoms with Gasteiger partial charge in [0, 0.05) is 30.2 Å². The maximum Gasteiger partial charge on any atom is 0.287 e. The van der Waals surface area contributed by atoms with Gasteiger partial charge >= 0.3 is 0 Å². The molecule has 0 saturated carbocycles. The molecule has 1 aromatic carbocycles. The molecule has 1 heterocycles. The summed E-state index contributed by atoms with van der Waals surface area (Å²) >= 11 is 17.9. The van der Waals surface area contributed by atoms with Crippen molar-refractivity contribution in [3.05, 3.63) is 61.5 Å². The molecule has 2 rings (SSSR count). The number of rotatable bonds is 4. The van der Waals surface area contributed by atoms with Gasteiger partial charge in [-0.3, -0.25) is 20.0 Å². The summed E-state index contributed by atoms with van der Waals surface area (Å²) in [4.78, 5) is 23.7. The zero-order chi connectivity index (χ0) is 17.9. The number of aromatic nitrogens is 2. The fourth-order valence-corrected chi connectivity index (χ4v) is 2.47. The summed E-state index contributed by atoms with van der Waals surface area (Å²) in [6.45, 7) is 0. The molecule has 0 saturated heterocycles. The fraction of sp³-hybridized carbons (Fsp3) is 0.133. The van der Waals surface area contributed by atoms with E-state index in [0.29, 0.717) is 15.6 Å². The Kier molecular flexibility index (Phi) is 5.88. The molecular formula is C15H13Cl3N4O2. The van der Waals surface area contributed by atoms with E-state index in [0.717, 1.165) is 4.68 Å². The van der Waals surface area contributed by atoms with Crippen LogP contribution in [0.5, 0.6) is 0 Å². The van der Waals surface area contributed by atoms with Gasteiger partial charge in [0.25, 0.3) is 11.5 Å². The molecule has 126 valence electrons. The first-order valence-corrected chi connectivity index (χ1v) is 7.82. The molecule has 0 aliphatic carbocycles. The summed E-state index contributed by atoms with van der Waals surface area (Å²) in [6, 6.07) is 4.93. The average Bonchev–Trinajstić information content (AvgIpc) is 2.53. The van der Waals surface area contributed by atoms with Gasteiger partial charge in [-0.1, -0.05) is 34.8 Å². The fourth-order valence-electron chi connectivity index (χ4n) is 1.81. The summed E-state index contributed by atoms with van der Waals surface area (Å²) in [5.74, 6) is -0.440. The maximum absolute atomic E-state index is 12.0. The molecule has 1 amide bonds. The zero-order valence-corrected chi connectivity index (χ0v) is 15.0. The highest BCUT2D eigenvalue weighted by atomic mass is 35.5. The number of aryl methyl sites for hydroxylation is 1. The van der Waals surface area contributed by atoms with Crippen LogP contribution in [0.2, 0.25) is 15.1 Å². The topological polar surface area (TPSA) is 67.2 Å². The van der Waals surface area contributed by atoms with Gasteiger partial charge in [-0.2, -0.15) is 5.10 Å². The number of hydrazine groups is 1. The number of carbonyl (C=O) groups is 1. The summed E-state index contributed by atoms with van der Waals surface area (Å²) in [7, 11) is 3.02. The van der Waals surface area contributed by atoms with Crippen LogP contribution in [0.25, 0.3) is 6.08 Å². The summed E-state index contributed by atoms with van der Waals surface area (Å²) in [6.07, 6.45) is 4.19. The van der Waals surface area contributed by atoms with Crippen LogP contribution in [-0.2, 0) is 11.8 Å². The third-order valence-electron chi connectivity index (χ3n) is 3.07. The van der Waals surface area contributed by atoms with Crippen LogP contribution >= 0.6 is 34.8 Å². The standard InChI is InChI=1S/C15H13Cl3N4O2/c1-21(12-8-19-22(2)15(24)14(12)18)20-13(23)6-3-9-7-10(16)4-5-11(9)17/h3-8H,1-2H3,(H,20,23)/b6-3+. The molecule has 0 bridgehead atoms. The van der Waals surface area contributed by atoms with Crippen LogP contribution in [0, 0.1) is 0 Å². The Labute approximate surface area is 153 Å². The van der Waals surface area contributed by atoms with Crippen LogP contribution in [-0.4, -0.2) is 22.7 Å². The van der Waals surface area contributed by atoms with E-state index in [2.05, 4.69) is 10.5 Å². The van der Waals surface area contributed by atoms with E-state index in [1.54, 1.807) is 25.2 Å². The molecule has 0 fully saturated rings. The van der Waals surface area contributed by atoms with Crippen molar-refractivity contribution in [2.45, 2.75) is 0 Å². The molecular weight excluding hydrogens is 375 g/mol. The van der Waals surface area contributed by atoms with E-state index in [-0.39, 0.29) is 10.7 Å². The lowest BCUT2D eigenvalue weighted by Gasteiger charge is -2.19. The number of hydrogen-bond acceptors (Lipinski definition) is 4. The van der Waals surface area contributed by atoms with Crippen molar-refractivity contribution in [2.24, 2.45) is 7.05 Å². The average molecular weight is 388 g/mol. The molecule has 24 heavy (non-hydrogen) atoms. The van der Waals surface area contributed by atoms with Gasteiger partial charge in [0.2, 0.25) is 0 Å². The lowest BCUT2D eigenvalue weighted by atomic mass is 10.2. The van der Waals surface area contributed by atoms with Crippen molar-refractivity contribution in [1.82, 2.24) is 15.2 Å². The first-order chi connectivity index (χ1) is 11.3. The Morgan fingerprint density at radius 1 is 1.33 bits per heavy atom. The van der Waals surface area contributed by atoms with E-state index < -0.39 is 11.5 Å². The van der Waals surface area contributed by atoms with Crippen LogP contribution < -0.4 is 16.0 Å². The molecule has 9 heteroatoms. The number of halogens is 3. The van der Waals surface area contributed by atoms with Gasteiger partial charge in [0.15, 0.2) is 0 Å². The first-order valence-electron chi connectivity index (χ1n) is 6.69. The van der Waals surface area contributed by atoms with Crippen molar-refractivity contribution in [3.63, 3.8) is 0 Å². The molecule has 0 aliphatic heterocycles. The number of amides is 1. The number of nitrogens with one attached hydrogen (secondary N) is 1. The highest BCUT2D eigenvalue weighted by Gasteiger charge is 2.12. The summed E-state index contributed by atoms with van der Waals surface area (Å²) in [5.41, 5.74) is 2.97. The second kappa shape index (κ2) is 7.70. The van der Waals surface area contributed by atoms with Crippen LogP contribution in [0.15, 0.2) is 35.3 Å². The second-order valence-corrected chi connectivity index (χ2v) is 6.03. The highest BCUT2D eigenvalue weighted by Crippen LogP contribution is 2.22. The Morgan fingerprint density at radius 2 is 2.04 bits per heavy atom. The van der Waals surface area contributed by atoms with Crippen LogP contribution in [0.1, 0.15) is 5.56 Å². The summed E-state index contributed by atoms with van der Waals surface area (Å²) in [5, 5.41) is 6.10. The van der Waals surface area contributed by atoms with Crippen molar-refractivity contribution < 1.29 is 4.79 Å². The molecule has 0 atom stereocenters. The van der Waals surface area contributed by atoms with E-state index in [1.807, 2.05) is 0 Å². The molecule has 0 aliphatic rings. The number of hydrogen-bond donors (Lipinski definition) is 1. The normalized spacial score (nSPS) is 10.9. The summed E-state index contributed by atoms with van der Waals surface area (Å²) < 4.78 is 1.10. The Balaban J connectivity index is 2.12. The number of benzene rings is 1. The third-order valence-corrected chi connectivity index (χ3v) is 4.01. The Bertz CT molecular complexity index is 864. The van der Waals surface area contributed by atoms with Gasteiger partial charge in [0.05, 0.1) is 6.20 Å². The zero-order valence-electron chi connectivity index (χ0n) is 12.8. The van der Waals surface area contributed by atoms with E-state index in [4.69, 9.17) is 34.8 Å². The smallest absolute Gasteiger partial charge is 0.285 e. The third kappa shape index (κ3) is 4.29. The largest absolute Gasteiger partial charge is 0.287 e. The molecule has 1 aromatic heterocycles. The van der Waals surface area contributed by atoms with Crippen LogP contribution in [0.3, 0.4) is 0 Å². The predicted octanol–water partition coefficient (Wildman–Crippen LogP) is 2.92. The molecule has 0 unspecified atom stereocenters. The van der Waals surface area contributed by atoms with Crippen molar-refractivity contribution in [3.8, 4) is 0 Å². The lowest BCUT2D eigenvalue weighted by Crippen LogP contribution is -2.39. The number of anilines is 1. The molecule has 1 N–H and O–H groups in total. The van der Waals surface area contributed by atoms with E-state index in [1.165, 1.54) is 30.4 Å². The lowest BCUT2D eigenvalue weighted by molar-refractivity contribution is -0.116. The van der Waals surface area contributed by atoms with Gasteiger partial charge in [-0.25, -0.2) is 4.68 Å². The predicted molar refractivity (Wildman–Crippen MR) is 96.5 cm³/mol. The SMILES string of the molecule is CN(NC(=O)/C=C/c1cc(Cl)ccc1Cl)c1cnn(C)c(=O)c1Cl. The van der Waals surface area contributed by atoms with E-state index in [9.17, 15) is 9.59 Å². The molecule has 0 radical (unpaired) electrons. The van der Waals surface area contributed by atoms with Crippen molar-refractivity contribution in [1.29, 1.82) is 0 Å². The minimum absolute atomic E-state index is 0.0443. The number of nitrogens with zero attached hydrogens (tertiary/aromatic N) is 3. The molecule has 2 aromatic rings. The van der Waals surface area contributed by atoms with Gasteiger partial charge in [0.1, 0.15) is 10.7 Å². The number of carbonyl (C=O) groups excluding carboxylic acids is 1. The second-order valence-electron chi connectivity index (χ2n) is 4.81. The quantitative estimate of drug-likeness (QED) is 0.647. The first kappa shape index (κ1) is 18.3. The van der Waals surface area contributed by atoms with Gasteiger partial charge in [-0.05, 0) is 29.8 Å². The van der Waals surface area contributed by atoms with Crippen LogP contribution in [0.4, 0.5) is 5.69 Å². The minimum Gasteiger partial charge on any atom is -0.285 e. The van der Waals surface area contributed by atoms with Crippen molar-refractivity contribution in [2.75, 3.05) is 12.1 Å². The van der Waals surface area contributed by atoms with E-state index >= 15 is 0 Å². The maximum atomic E-state index is 12.0. The molecule has 6 nitrogen and oxygen atoms in total. The van der Waals surface area contributed by atoms with Gasteiger partial charge < -0.3 is 0 Å². The highest BCUT2D eigenvalue weighted by molar-refractivity contribution is 6.34. The minimum atomic E-state index is -0.462. The Hall–Kier alpha value is -2.02.